The van der Waals surface area contributed by atoms with Gasteiger partial charge in [0.25, 0.3) is 5.91 Å². The molecular formula is C22H19N5O3. The molecule has 0 radical (unpaired) electrons. The van der Waals surface area contributed by atoms with E-state index in [1.54, 1.807) is 27.7 Å². The number of pyridine rings is 1. The zero-order valence-corrected chi connectivity index (χ0v) is 16.2. The van der Waals surface area contributed by atoms with Gasteiger partial charge in [-0.15, -0.1) is 0 Å². The quantitative estimate of drug-likeness (QED) is 0.535. The molecule has 0 saturated heterocycles. The lowest BCUT2D eigenvalue weighted by Gasteiger charge is -2.08. The summed E-state index contributed by atoms with van der Waals surface area (Å²) in [6.07, 6.45) is 9.02. The van der Waals surface area contributed by atoms with Gasteiger partial charge in [-0.1, -0.05) is 6.07 Å². The molecule has 1 fully saturated rings. The van der Waals surface area contributed by atoms with E-state index in [1.165, 1.54) is 12.1 Å². The number of carbonyl (C=O) groups excluding carboxylic acids is 1. The number of benzene rings is 1. The molecule has 0 aliphatic heterocycles. The number of nitrogens with one attached hydrogen (secondary N) is 1. The predicted octanol–water partition coefficient (Wildman–Crippen LogP) is 3.09. The van der Waals surface area contributed by atoms with Gasteiger partial charge in [-0.25, -0.2) is 14.5 Å². The number of fused-ring (bicyclic) bond motifs is 1. The second-order valence-corrected chi connectivity index (χ2v) is 7.52. The summed E-state index contributed by atoms with van der Waals surface area (Å²) < 4.78 is 3.46. The highest BCUT2D eigenvalue weighted by Gasteiger charge is 2.24. The third-order valence-corrected chi connectivity index (χ3v) is 5.28. The Balaban J connectivity index is 1.49. The first-order valence-corrected chi connectivity index (χ1v) is 9.67. The Hall–Kier alpha value is -3.94. The van der Waals surface area contributed by atoms with E-state index in [1.807, 2.05) is 31.3 Å². The number of carbonyl (C=O) groups is 2. The van der Waals surface area contributed by atoms with Crippen LogP contribution < -0.4 is 5.32 Å². The molecule has 5 rings (SSSR count). The van der Waals surface area contributed by atoms with Crippen molar-refractivity contribution in [3.8, 4) is 16.9 Å². The van der Waals surface area contributed by atoms with Crippen LogP contribution in [-0.2, 0) is 0 Å². The standard InChI is InChI=1S/C22H19N5O3/c1-13-2-3-14(21(28)25-17-4-5-17)8-18(13)16-10-24-27(12-16)20-11-23-19-9-15(22(29)30)6-7-26(19)20/h2-3,6-12,17H,4-5H2,1H3,(H,25,28)(H,29,30). The van der Waals surface area contributed by atoms with E-state index in [-0.39, 0.29) is 11.5 Å². The van der Waals surface area contributed by atoms with Crippen molar-refractivity contribution in [2.75, 3.05) is 0 Å². The molecule has 2 N–H and O–H groups in total. The lowest BCUT2D eigenvalue weighted by Crippen LogP contribution is -2.25. The van der Waals surface area contributed by atoms with E-state index in [0.29, 0.717) is 23.1 Å². The summed E-state index contributed by atoms with van der Waals surface area (Å²) in [5.74, 6) is -0.361. The fraction of sp³-hybridized carbons (Fsp3) is 0.182. The minimum Gasteiger partial charge on any atom is -0.478 e. The van der Waals surface area contributed by atoms with Crippen molar-refractivity contribution in [3.63, 3.8) is 0 Å². The number of aromatic nitrogens is 4. The van der Waals surface area contributed by atoms with Crippen LogP contribution in [0, 0.1) is 6.92 Å². The predicted molar refractivity (Wildman–Crippen MR) is 110 cm³/mol. The Morgan fingerprint density at radius 3 is 2.73 bits per heavy atom. The number of aromatic carboxylic acids is 1. The van der Waals surface area contributed by atoms with Gasteiger partial charge in [0.2, 0.25) is 0 Å². The average molecular weight is 401 g/mol. The van der Waals surface area contributed by atoms with E-state index in [2.05, 4.69) is 15.4 Å². The van der Waals surface area contributed by atoms with Crippen LogP contribution in [0.15, 0.2) is 55.1 Å². The molecule has 1 aromatic carbocycles. The largest absolute Gasteiger partial charge is 0.478 e. The van der Waals surface area contributed by atoms with Crippen LogP contribution in [0.2, 0.25) is 0 Å². The van der Waals surface area contributed by atoms with Crippen LogP contribution in [0.3, 0.4) is 0 Å². The normalized spacial score (nSPS) is 13.5. The number of hydrogen-bond acceptors (Lipinski definition) is 4. The molecule has 1 amide bonds. The fourth-order valence-corrected chi connectivity index (χ4v) is 3.43. The fourth-order valence-electron chi connectivity index (χ4n) is 3.43. The zero-order chi connectivity index (χ0) is 20.8. The van der Waals surface area contributed by atoms with Crippen LogP contribution in [0.5, 0.6) is 0 Å². The molecule has 8 nitrogen and oxygen atoms in total. The third-order valence-electron chi connectivity index (χ3n) is 5.28. The number of amides is 1. The number of rotatable bonds is 5. The number of carboxylic acid groups (broad SMARTS) is 1. The monoisotopic (exact) mass is 401 g/mol. The van der Waals surface area contributed by atoms with Crippen molar-refractivity contribution < 1.29 is 14.7 Å². The summed E-state index contributed by atoms with van der Waals surface area (Å²) in [7, 11) is 0. The van der Waals surface area contributed by atoms with Crippen LogP contribution in [0.1, 0.15) is 39.1 Å². The van der Waals surface area contributed by atoms with Crippen LogP contribution in [-0.4, -0.2) is 42.2 Å². The highest BCUT2D eigenvalue weighted by atomic mass is 16.4. The van der Waals surface area contributed by atoms with Crippen molar-refractivity contribution in [2.45, 2.75) is 25.8 Å². The van der Waals surface area contributed by atoms with Crippen molar-refractivity contribution in [1.82, 2.24) is 24.5 Å². The highest BCUT2D eigenvalue weighted by Crippen LogP contribution is 2.26. The molecule has 0 unspecified atom stereocenters. The molecule has 4 aromatic rings. The van der Waals surface area contributed by atoms with Gasteiger partial charge in [0.05, 0.1) is 18.0 Å². The molecule has 150 valence electrons. The van der Waals surface area contributed by atoms with E-state index in [0.717, 1.165) is 29.5 Å². The summed E-state index contributed by atoms with van der Waals surface area (Å²) in [6.45, 7) is 2.00. The summed E-state index contributed by atoms with van der Waals surface area (Å²) in [5, 5.41) is 16.6. The first-order chi connectivity index (χ1) is 14.5. The van der Waals surface area contributed by atoms with Crippen molar-refractivity contribution in [3.05, 3.63) is 71.8 Å². The molecule has 0 spiro atoms. The molecule has 0 bridgehead atoms. The molecule has 1 aliphatic carbocycles. The summed E-state index contributed by atoms with van der Waals surface area (Å²) in [4.78, 5) is 27.9. The van der Waals surface area contributed by atoms with Crippen LogP contribution in [0.25, 0.3) is 22.6 Å². The molecule has 3 aromatic heterocycles. The van der Waals surface area contributed by atoms with E-state index in [4.69, 9.17) is 5.11 Å². The Kier molecular flexibility index (Phi) is 4.13. The van der Waals surface area contributed by atoms with Gasteiger partial charge < -0.3 is 10.4 Å². The SMILES string of the molecule is Cc1ccc(C(=O)NC2CC2)cc1-c1cnn(-c2cnc3cc(C(=O)O)ccn23)c1. The second kappa shape index (κ2) is 6.84. The lowest BCUT2D eigenvalue weighted by atomic mass is 10.0. The molecular weight excluding hydrogens is 382 g/mol. The first-order valence-electron chi connectivity index (χ1n) is 9.67. The van der Waals surface area contributed by atoms with E-state index < -0.39 is 5.97 Å². The maximum atomic E-state index is 12.4. The number of nitrogens with zero attached hydrogens (tertiary/aromatic N) is 4. The summed E-state index contributed by atoms with van der Waals surface area (Å²) in [5.41, 5.74) is 4.19. The van der Waals surface area contributed by atoms with Crippen molar-refractivity contribution in [1.29, 1.82) is 0 Å². The van der Waals surface area contributed by atoms with Gasteiger partial charge in [-0.05, 0) is 55.2 Å². The number of imidazole rings is 1. The van der Waals surface area contributed by atoms with Gasteiger partial charge in [0.15, 0.2) is 5.82 Å². The topological polar surface area (TPSA) is 102 Å². The van der Waals surface area contributed by atoms with Gasteiger partial charge in [0.1, 0.15) is 5.65 Å². The van der Waals surface area contributed by atoms with Crippen LogP contribution in [0.4, 0.5) is 0 Å². The van der Waals surface area contributed by atoms with Crippen LogP contribution >= 0.6 is 0 Å². The first kappa shape index (κ1) is 18.1. The minimum absolute atomic E-state index is 0.0536. The zero-order valence-electron chi connectivity index (χ0n) is 16.2. The number of aryl methyl sites for hydroxylation is 1. The highest BCUT2D eigenvalue weighted by molar-refractivity contribution is 5.96. The number of hydrogen-bond donors (Lipinski definition) is 2. The van der Waals surface area contributed by atoms with Crippen molar-refractivity contribution >= 4 is 17.5 Å². The maximum absolute atomic E-state index is 12.4. The van der Waals surface area contributed by atoms with Gasteiger partial charge in [-0.3, -0.25) is 9.20 Å². The summed E-state index contributed by atoms with van der Waals surface area (Å²) >= 11 is 0. The molecule has 1 saturated carbocycles. The van der Waals surface area contributed by atoms with E-state index in [9.17, 15) is 9.59 Å². The smallest absolute Gasteiger partial charge is 0.335 e. The Labute approximate surface area is 171 Å². The van der Waals surface area contributed by atoms with Gasteiger partial charge >= 0.3 is 5.97 Å². The average Bonchev–Trinajstić information content (AvgIpc) is 3.25. The molecule has 0 atom stereocenters. The van der Waals surface area contributed by atoms with Crippen molar-refractivity contribution in [2.24, 2.45) is 0 Å². The molecule has 3 heterocycles. The Morgan fingerprint density at radius 2 is 1.97 bits per heavy atom. The van der Waals surface area contributed by atoms with Gasteiger partial charge in [-0.2, -0.15) is 5.10 Å². The number of carboxylic acids is 1. The Bertz CT molecular complexity index is 1300. The Morgan fingerprint density at radius 1 is 1.13 bits per heavy atom. The minimum atomic E-state index is -0.996. The van der Waals surface area contributed by atoms with E-state index >= 15 is 0 Å². The second-order valence-electron chi connectivity index (χ2n) is 7.52. The summed E-state index contributed by atoms with van der Waals surface area (Å²) in [6, 6.07) is 9.02. The van der Waals surface area contributed by atoms with Gasteiger partial charge in [0, 0.05) is 29.6 Å². The molecule has 1 aliphatic rings. The molecule has 30 heavy (non-hydrogen) atoms. The maximum Gasteiger partial charge on any atom is 0.335 e. The molecule has 8 heteroatoms. The third kappa shape index (κ3) is 3.22. The lowest BCUT2D eigenvalue weighted by molar-refractivity contribution is 0.0696.